The van der Waals surface area contributed by atoms with E-state index in [9.17, 15) is 0 Å². The van der Waals surface area contributed by atoms with E-state index in [1.807, 2.05) is 0 Å². The highest BCUT2D eigenvalue weighted by molar-refractivity contribution is 5.77. The molecule has 5 nitrogen and oxygen atoms in total. The first-order chi connectivity index (χ1) is 10.3. The molecule has 0 amide bonds. The van der Waals surface area contributed by atoms with Crippen LogP contribution >= 0.6 is 0 Å². The van der Waals surface area contributed by atoms with Crippen molar-refractivity contribution in [1.29, 1.82) is 0 Å². The van der Waals surface area contributed by atoms with Crippen LogP contribution in [0.1, 0.15) is 45.4 Å². The van der Waals surface area contributed by atoms with Crippen LogP contribution in [0.15, 0.2) is 4.99 Å². The molecule has 3 fully saturated rings. The normalized spacial score (nSPS) is 28.8. The van der Waals surface area contributed by atoms with Gasteiger partial charge in [-0.05, 0) is 6.42 Å². The summed E-state index contributed by atoms with van der Waals surface area (Å²) in [5.41, 5.74) is 5.96. The molecular formula is C16H33N5. The van der Waals surface area contributed by atoms with Crippen molar-refractivity contribution in [2.24, 2.45) is 10.7 Å². The zero-order chi connectivity index (χ0) is 14.9. The first kappa shape index (κ1) is 16.6. The quantitative estimate of drug-likeness (QED) is 0.382. The van der Waals surface area contributed by atoms with Crippen LogP contribution in [-0.2, 0) is 0 Å². The maximum Gasteiger partial charge on any atom is 0.188 e. The first-order valence-corrected chi connectivity index (χ1v) is 8.80. The number of guanidine groups is 1. The standard InChI is InChI=1S/C16H33N5/c1-2-3-4-5-6-7-8-18-16(17)19-13-15-14-20-9-11-21(15)12-10-20/h15H,2-14H2,1H3,(H3,17,18,19). The Hall–Kier alpha value is -0.810. The van der Waals surface area contributed by atoms with Crippen LogP contribution in [0.3, 0.4) is 0 Å². The summed E-state index contributed by atoms with van der Waals surface area (Å²) in [4.78, 5) is 9.63. The summed E-state index contributed by atoms with van der Waals surface area (Å²) in [5.74, 6) is 0.626. The van der Waals surface area contributed by atoms with E-state index in [-0.39, 0.29) is 0 Å². The number of rotatable bonds is 9. The lowest BCUT2D eigenvalue weighted by Gasteiger charge is -2.47. The predicted octanol–water partition coefficient (Wildman–Crippen LogP) is 1.25. The molecule has 2 bridgehead atoms. The van der Waals surface area contributed by atoms with Crippen LogP contribution in [0.2, 0.25) is 0 Å². The summed E-state index contributed by atoms with van der Waals surface area (Å²) in [5, 5.41) is 3.25. The minimum absolute atomic E-state index is 0.571. The maximum absolute atomic E-state index is 5.96. The molecule has 3 heterocycles. The van der Waals surface area contributed by atoms with E-state index in [0.29, 0.717) is 12.0 Å². The van der Waals surface area contributed by atoms with Gasteiger partial charge in [0.2, 0.25) is 0 Å². The third-order valence-corrected chi connectivity index (χ3v) is 4.70. The molecule has 1 atom stereocenters. The van der Waals surface area contributed by atoms with Gasteiger partial charge in [0.15, 0.2) is 5.96 Å². The fourth-order valence-corrected chi connectivity index (χ4v) is 3.28. The lowest BCUT2D eigenvalue weighted by atomic mass is 10.1. The highest BCUT2D eigenvalue weighted by Crippen LogP contribution is 2.15. The Kier molecular flexibility index (Phi) is 7.30. The van der Waals surface area contributed by atoms with Crippen LogP contribution in [0.5, 0.6) is 0 Å². The molecular weight excluding hydrogens is 262 g/mol. The highest BCUT2D eigenvalue weighted by atomic mass is 15.3. The van der Waals surface area contributed by atoms with E-state index in [1.165, 1.54) is 64.7 Å². The lowest BCUT2D eigenvalue weighted by Crippen LogP contribution is -2.61. The molecule has 5 heteroatoms. The second-order valence-electron chi connectivity index (χ2n) is 6.41. The fraction of sp³-hybridized carbons (Fsp3) is 0.938. The minimum atomic E-state index is 0.571. The molecule has 1 unspecified atom stereocenters. The monoisotopic (exact) mass is 295 g/mol. The number of aliphatic imine (C=N–C) groups is 1. The van der Waals surface area contributed by atoms with E-state index in [2.05, 4.69) is 27.0 Å². The van der Waals surface area contributed by atoms with E-state index in [0.717, 1.165) is 19.6 Å². The number of nitrogens with two attached hydrogens (primary N) is 1. The molecule has 0 aromatic carbocycles. The molecule has 0 aliphatic carbocycles. The van der Waals surface area contributed by atoms with E-state index >= 15 is 0 Å². The number of hydrogen-bond acceptors (Lipinski definition) is 3. The number of piperazine rings is 3. The second-order valence-corrected chi connectivity index (χ2v) is 6.41. The van der Waals surface area contributed by atoms with Crippen molar-refractivity contribution in [2.75, 3.05) is 45.8 Å². The fourth-order valence-electron chi connectivity index (χ4n) is 3.28. The van der Waals surface area contributed by atoms with Crippen molar-refractivity contribution in [3.8, 4) is 0 Å². The van der Waals surface area contributed by atoms with Gasteiger partial charge in [0.05, 0.1) is 6.54 Å². The smallest absolute Gasteiger partial charge is 0.188 e. The van der Waals surface area contributed by atoms with Gasteiger partial charge in [-0.3, -0.25) is 14.8 Å². The Morgan fingerprint density at radius 1 is 1.10 bits per heavy atom. The van der Waals surface area contributed by atoms with Gasteiger partial charge < -0.3 is 11.1 Å². The topological polar surface area (TPSA) is 56.9 Å². The highest BCUT2D eigenvalue weighted by Gasteiger charge is 2.31. The molecule has 0 radical (unpaired) electrons. The van der Waals surface area contributed by atoms with Crippen LogP contribution in [0.4, 0.5) is 0 Å². The molecule has 3 saturated heterocycles. The first-order valence-electron chi connectivity index (χ1n) is 8.80. The molecule has 3 N–H and O–H groups in total. The minimum Gasteiger partial charge on any atom is -0.370 e. The third-order valence-electron chi connectivity index (χ3n) is 4.70. The molecule has 21 heavy (non-hydrogen) atoms. The summed E-state index contributed by atoms with van der Waals surface area (Å²) in [6.45, 7) is 10.1. The molecule has 3 aliphatic heterocycles. The van der Waals surface area contributed by atoms with Gasteiger partial charge in [0, 0.05) is 45.3 Å². The average molecular weight is 295 g/mol. The zero-order valence-corrected chi connectivity index (χ0v) is 13.7. The molecule has 0 aromatic heterocycles. The average Bonchev–Trinajstić information content (AvgIpc) is 2.53. The Balaban J connectivity index is 1.53. The second kappa shape index (κ2) is 9.26. The third kappa shape index (κ3) is 5.83. The molecule has 3 aliphatic rings. The molecule has 3 rings (SSSR count). The van der Waals surface area contributed by atoms with Crippen molar-refractivity contribution in [1.82, 2.24) is 15.1 Å². The number of fused-ring (bicyclic) bond motifs is 3. The van der Waals surface area contributed by atoms with Crippen LogP contribution < -0.4 is 11.1 Å². The zero-order valence-electron chi connectivity index (χ0n) is 13.7. The molecule has 0 saturated carbocycles. The van der Waals surface area contributed by atoms with Crippen molar-refractivity contribution in [3.63, 3.8) is 0 Å². The number of unbranched alkanes of at least 4 members (excludes halogenated alkanes) is 5. The summed E-state index contributed by atoms with van der Waals surface area (Å²) >= 11 is 0. The Morgan fingerprint density at radius 2 is 1.81 bits per heavy atom. The van der Waals surface area contributed by atoms with E-state index in [1.54, 1.807) is 0 Å². The van der Waals surface area contributed by atoms with Gasteiger partial charge >= 0.3 is 0 Å². The number of hydrogen-bond donors (Lipinski definition) is 2. The Labute approximate surface area is 130 Å². The Morgan fingerprint density at radius 3 is 2.48 bits per heavy atom. The van der Waals surface area contributed by atoms with Gasteiger partial charge in [0.1, 0.15) is 0 Å². The van der Waals surface area contributed by atoms with Gasteiger partial charge in [-0.15, -0.1) is 0 Å². The molecule has 0 spiro atoms. The van der Waals surface area contributed by atoms with E-state index in [4.69, 9.17) is 5.73 Å². The summed E-state index contributed by atoms with van der Waals surface area (Å²) in [6.07, 6.45) is 7.89. The molecule has 122 valence electrons. The summed E-state index contributed by atoms with van der Waals surface area (Å²) in [6, 6.07) is 0.571. The van der Waals surface area contributed by atoms with Gasteiger partial charge in [0.25, 0.3) is 0 Å². The van der Waals surface area contributed by atoms with Crippen molar-refractivity contribution in [3.05, 3.63) is 0 Å². The summed E-state index contributed by atoms with van der Waals surface area (Å²) in [7, 11) is 0. The SMILES string of the molecule is CCCCCCCCNC(N)=NCC1CN2CCN1CC2. The largest absolute Gasteiger partial charge is 0.370 e. The van der Waals surface area contributed by atoms with Crippen LogP contribution in [-0.4, -0.2) is 67.6 Å². The van der Waals surface area contributed by atoms with Crippen LogP contribution in [0, 0.1) is 0 Å². The number of nitrogens with zero attached hydrogens (tertiary/aromatic N) is 3. The van der Waals surface area contributed by atoms with Gasteiger partial charge in [-0.25, -0.2) is 0 Å². The van der Waals surface area contributed by atoms with Crippen LogP contribution in [0.25, 0.3) is 0 Å². The van der Waals surface area contributed by atoms with Gasteiger partial charge in [-0.2, -0.15) is 0 Å². The lowest BCUT2D eigenvalue weighted by molar-refractivity contribution is 0.0174. The van der Waals surface area contributed by atoms with Gasteiger partial charge in [-0.1, -0.05) is 39.0 Å². The van der Waals surface area contributed by atoms with Crippen molar-refractivity contribution >= 4 is 5.96 Å². The Bertz CT molecular complexity index is 310. The predicted molar refractivity (Wildman–Crippen MR) is 89.7 cm³/mol. The summed E-state index contributed by atoms with van der Waals surface area (Å²) < 4.78 is 0. The van der Waals surface area contributed by atoms with Crippen molar-refractivity contribution < 1.29 is 0 Å². The maximum atomic E-state index is 5.96. The van der Waals surface area contributed by atoms with Crippen molar-refractivity contribution in [2.45, 2.75) is 51.5 Å². The van der Waals surface area contributed by atoms with E-state index < -0.39 is 0 Å². The number of nitrogens with one attached hydrogen (secondary N) is 1. The molecule has 0 aromatic rings.